The van der Waals surface area contributed by atoms with Gasteiger partial charge >= 0.3 is 19.8 Å². The number of unbranched alkanes of at least 4 members (excludes halogenated alkanes) is 15. The van der Waals surface area contributed by atoms with Gasteiger partial charge in [0.1, 0.15) is 19.8 Å². The second kappa shape index (κ2) is 38.2. The minimum Gasteiger partial charge on any atom is -0.462 e. The van der Waals surface area contributed by atoms with Gasteiger partial charge in [-0.3, -0.25) is 18.6 Å². The molecule has 0 aromatic heterocycles. The molecule has 0 saturated carbocycles. The summed E-state index contributed by atoms with van der Waals surface area (Å²) in [5, 5.41) is 9.74. The van der Waals surface area contributed by atoms with Crippen LogP contribution in [0.1, 0.15) is 174 Å². The molecule has 0 amide bonds. The second-order valence-corrected chi connectivity index (χ2v) is 17.7. The summed E-state index contributed by atoms with van der Waals surface area (Å²) in [5.74, 6) is -0.882. The van der Waals surface area contributed by atoms with Gasteiger partial charge < -0.3 is 24.0 Å². The first-order valence-electron chi connectivity index (χ1n) is 22.4. The predicted molar refractivity (Wildman–Crippen MR) is 235 cm³/mol. The van der Waals surface area contributed by atoms with Crippen molar-refractivity contribution in [2.75, 3.05) is 47.5 Å². The molecule has 0 aliphatic rings. The molecule has 0 aromatic rings. The largest absolute Gasteiger partial charge is 0.472 e. The van der Waals surface area contributed by atoms with Crippen LogP contribution in [0.3, 0.4) is 0 Å². The number of phosphoric ester groups is 1. The zero-order valence-corrected chi connectivity index (χ0v) is 37.8. The van der Waals surface area contributed by atoms with E-state index in [1.54, 1.807) is 0 Å². The Kier molecular flexibility index (Phi) is 36.8. The smallest absolute Gasteiger partial charge is 0.462 e. The number of hydrogen-bond donors (Lipinski definition) is 2. The number of nitrogens with zero attached hydrogens (tertiary/aromatic N) is 1. The first kappa shape index (κ1) is 54.9. The molecule has 3 atom stereocenters. The molecule has 0 bridgehead atoms. The van der Waals surface area contributed by atoms with Crippen LogP contribution in [0.4, 0.5) is 0 Å². The Labute approximate surface area is 348 Å². The highest BCUT2D eigenvalue weighted by Gasteiger charge is 2.27. The highest BCUT2D eigenvalue weighted by atomic mass is 31.2. The molecule has 2 N–H and O–H groups in total. The highest BCUT2D eigenvalue weighted by Crippen LogP contribution is 2.43. The van der Waals surface area contributed by atoms with Crippen LogP contribution in [0.25, 0.3) is 0 Å². The van der Waals surface area contributed by atoms with E-state index in [1.165, 1.54) is 77.0 Å². The van der Waals surface area contributed by atoms with Crippen molar-refractivity contribution in [1.29, 1.82) is 0 Å². The number of carbonyl (C=O) groups excluding carboxylic acids is 2. The van der Waals surface area contributed by atoms with Gasteiger partial charge in [0.2, 0.25) is 0 Å². The van der Waals surface area contributed by atoms with Crippen LogP contribution in [0.5, 0.6) is 0 Å². The SMILES string of the molecule is CCCCCCCCCCCCCCCCCC(=O)OC[C@H](COP(=O)(O)OCC[N+](C)(C)C)OC(=O)CCC/C=C\C/C=C\C/C=C\C/C=C\CC(O)CCC. The molecule has 0 fully saturated rings. The van der Waals surface area contributed by atoms with Gasteiger partial charge in [0.05, 0.1) is 33.9 Å². The van der Waals surface area contributed by atoms with E-state index in [0.29, 0.717) is 30.3 Å². The van der Waals surface area contributed by atoms with Crippen molar-refractivity contribution >= 4 is 19.8 Å². The lowest BCUT2D eigenvalue weighted by Gasteiger charge is -2.24. The van der Waals surface area contributed by atoms with Crippen LogP contribution >= 0.6 is 7.82 Å². The number of likely N-dealkylation sites (N-methyl/N-ethyl adjacent to an activating group) is 1. The summed E-state index contributed by atoms with van der Waals surface area (Å²) in [6.07, 6.45) is 40.8. The Hall–Kier alpha value is -2.07. The van der Waals surface area contributed by atoms with Crippen LogP contribution < -0.4 is 0 Å². The zero-order valence-electron chi connectivity index (χ0n) is 36.9. The number of quaternary nitrogens is 1. The molecule has 0 saturated heterocycles. The fraction of sp³-hybridized carbons (Fsp3) is 0.783. The zero-order chi connectivity index (χ0) is 42.3. The number of phosphoric acid groups is 1. The maximum atomic E-state index is 12.7. The first-order chi connectivity index (χ1) is 27.4. The Balaban J connectivity index is 4.46. The summed E-state index contributed by atoms with van der Waals surface area (Å²) in [4.78, 5) is 35.3. The van der Waals surface area contributed by atoms with E-state index in [-0.39, 0.29) is 38.1 Å². The second-order valence-electron chi connectivity index (χ2n) is 16.3. The number of carbonyl (C=O) groups is 2. The van der Waals surface area contributed by atoms with Crippen molar-refractivity contribution in [3.63, 3.8) is 0 Å². The van der Waals surface area contributed by atoms with Gasteiger partial charge in [-0.15, -0.1) is 0 Å². The monoisotopic (exact) mass is 827 g/mol. The van der Waals surface area contributed by atoms with Gasteiger partial charge in [0.15, 0.2) is 6.10 Å². The number of rotatable bonds is 40. The van der Waals surface area contributed by atoms with Gasteiger partial charge in [-0.1, -0.05) is 159 Å². The maximum Gasteiger partial charge on any atom is 0.472 e. The molecule has 2 unspecified atom stereocenters. The molecule has 0 aromatic carbocycles. The van der Waals surface area contributed by atoms with E-state index < -0.39 is 26.5 Å². The summed E-state index contributed by atoms with van der Waals surface area (Å²) in [5.41, 5.74) is 0. The average Bonchev–Trinajstić information content (AvgIpc) is 3.15. The summed E-state index contributed by atoms with van der Waals surface area (Å²) in [6, 6.07) is 0. The standard InChI is InChI=1S/C46H84NO9P/c1-6-8-9-10-11-12-13-14-15-18-21-24-27-30-33-37-45(49)53-41-44(42-55-57(51,52)54-40-39-47(3,4)5)56-46(50)38-34-31-28-25-22-19-16-17-20-23-26-29-32-36-43(48)35-7-2/h16,19-20,23,25,28-29,32,43-44,48H,6-15,17-18,21-22,24,26-27,30-31,33-42H2,1-5H3/p+1/b19-16-,23-20-,28-25-,32-29-/t43?,44-/m1/s1. The van der Waals surface area contributed by atoms with E-state index in [0.717, 1.165) is 51.4 Å². The van der Waals surface area contributed by atoms with Crippen molar-refractivity contribution in [2.24, 2.45) is 0 Å². The lowest BCUT2D eigenvalue weighted by atomic mass is 10.0. The normalized spacial score (nSPS) is 14.6. The van der Waals surface area contributed by atoms with Crippen molar-refractivity contribution in [3.05, 3.63) is 48.6 Å². The van der Waals surface area contributed by atoms with Crippen molar-refractivity contribution in [1.82, 2.24) is 0 Å². The molecular formula is C46H85NO9P+. The van der Waals surface area contributed by atoms with E-state index in [2.05, 4.69) is 50.3 Å². The Bertz CT molecular complexity index is 1130. The number of ether oxygens (including phenoxy) is 2. The van der Waals surface area contributed by atoms with Crippen LogP contribution in [0.15, 0.2) is 48.6 Å². The van der Waals surface area contributed by atoms with Crippen LogP contribution in [0, 0.1) is 0 Å². The Morgan fingerprint density at radius 1 is 0.614 bits per heavy atom. The molecule has 0 heterocycles. The number of aliphatic hydroxyl groups is 1. The van der Waals surface area contributed by atoms with Crippen molar-refractivity contribution in [2.45, 2.75) is 187 Å². The molecule has 0 aliphatic heterocycles. The van der Waals surface area contributed by atoms with Gasteiger partial charge in [-0.2, -0.15) is 0 Å². The Morgan fingerprint density at radius 2 is 1.11 bits per heavy atom. The molecule has 0 aliphatic carbocycles. The third kappa shape index (κ3) is 41.9. The summed E-state index contributed by atoms with van der Waals surface area (Å²) in [7, 11) is 1.42. The first-order valence-corrected chi connectivity index (χ1v) is 23.9. The van der Waals surface area contributed by atoms with Crippen LogP contribution in [-0.2, 0) is 32.7 Å². The lowest BCUT2D eigenvalue weighted by Crippen LogP contribution is -2.37. The number of hydrogen-bond acceptors (Lipinski definition) is 8. The number of allylic oxidation sites excluding steroid dienone is 7. The third-order valence-corrected chi connectivity index (χ3v) is 10.4. The fourth-order valence-corrected chi connectivity index (χ4v) is 6.65. The molecule has 0 spiro atoms. The minimum absolute atomic E-state index is 0.0144. The molecule has 0 rings (SSSR count). The topological polar surface area (TPSA) is 129 Å². The van der Waals surface area contributed by atoms with E-state index >= 15 is 0 Å². The van der Waals surface area contributed by atoms with Crippen molar-refractivity contribution < 1.29 is 47.2 Å². The molecule has 332 valence electrons. The van der Waals surface area contributed by atoms with Crippen LogP contribution in [0.2, 0.25) is 0 Å². The molecule has 10 nitrogen and oxygen atoms in total. The fourth-order valence-electron chi connectivity index (χ4n) is 5.90. The average molecular weight is 827 g/mol. The molecule has 57 heavy (non-hydrogen) atoms. The third-order valence-electron chi connectivity index (χ3n) is 9.42. The summed E-state index contributed by atoms with van der Waals surface area (Å²) in [6.45, 7) is 4.15. The predicted octanol–water partition coefficient (Wildman–Crippen LogP) is 11.7. The maximum absolute atomic E-state index is 12.7. The summed E-state index contributed by atoms with van der Waals surface area (Å²) >= 11 is 0. The number of aliphatic hydroxyl groups excluding tert-OH is 1. The van der Waals surface area contributed by atoms with E-state index in [1.807, 2.05) is 33.3 Å². The quantitative estimate of drug-likeness (QED) is 0.0204. The molecule has 11 heteroatoms. The van der Waals surface area contributed by atoms with E-state index in [9.17, 15) is 24.2 Å². The van der Waals surface area contributed by atoms with Crippen LogP contribution in [-0.4, -0.2) is 86.1 Å². The van der Waals surface area contributed by atoms with Crippen molar-refractivity contribution in [3.8, 4) is 0 Å². The number of esters is 2. The lowest BCUT2D eigenvalue weighted by molar-refractivity contribution is -0.870. The molecule has 0 radical (unpaired) electrons. The highest BCUT2D eigenvalue weighted by molar-refractivity contribution is 7.47. The van der Waals surface area contributed by atoms with Gasteiger partial charge in [-0.05, 0) is 51.4 Å². The van der Waals surface area contributed by atoms with Gasteiger partial charge in [0.25, 0.3) is 0 Å². The Morgan fingerprint density at radius 3 is 1.63 bits per heavy atom. The van der Waals surface area contributed by atoms with Gasteiger partial charge in [0, 0.05) is 12.8 Å². The van der Waals surface area contributed by atoms with Gasteiger partial charge in [-0.25, -0.2) is 4.57 Å². The molecular weight excluding hydrogens is 741 g/mol. The summed E-state index contributed by atoms with van der Waals surface area (Å²) < 4.78 is 34.2. The minimum atomic E-state index is -4.40. The van der Waals surface area contributed by atoms with E-state index in [4.69, 9.17) is 18.5 Å².